The van der Waals surface area contributed by atoms with Crippen LogP contribution in [-0.4, -0.2) is 35.8 Å². The van der Waals surface area contributed by atoms with Gasteiger partial charge in [-0.2, -0.15) is 5.10 Å². The predicted octanol–water partition coefficient (Wildman–Crippen LogP) is 4.08. The normalized spacial score (nSPS) is 14.6. The monoisotopic (exact) mass is 561 g/mol. The lowest BCUT2D eigenvalue weighted by atomic mass is 9.92. The first-order chi connectivity index (χ1) is 17.7. The molecule has 2 amide bonds. The summed E-state index contributed by atoms with van der Waals surface area (Å²) >= 11 is 12.4. The molecule has 4 aromatic rings. The first-order valence-corrected chi connectivity index (χ1v) is 13.5. The molecule has 0 saturated carbocycles. The Balaban J connectivity index is 1.27. The van der Waals surface area contributed by atoms with E-state index in [4.69, 9.17) is 27.6 Å². The number of aromatic nitrogens is 3. The molecule has 0 atom stereocenters. The van der Waals surface area contributed by atoms with E-state index in [0.717, 1.165) is 41.7 Å². The van der Waals surface area contributed by atoms with E-state index < -0.39 is 21.8 Å². The number of fused-ring (bicyclic) bond motifs is 2. The van der Waals surface area contributed by atoms with E-state index >= 15 is 0 Å². The Bertz CT molecular complexity index is 1700. The fraction of sp³-hybridized carbons (Fsp3) is 0.208. The molecule has 0 radical (unpaired) electrons. The molecule has 3 N–H and O–H groups in total. The van der Waals surface area contributed by atoms with Crippen LogP contribution in [0.5, 0.6) is 0 Å². The Hall–Kier alpha value is -3.54. The molecule has 13 heteroatoms. The van der Waals surface area contributed by atoms with Gasteiger partial charge in [0.15, 0.2) is 5.58 Å². The second kappa shape index (κ2) is 10.1. The smallest absolute Gasteiger partial charge is 0.408 e. The number of carbonyl (C=O) groups excluding carboxylic acids is 1. The van der Waals surface area contributed by atoms with Crippen LogP contribution < -0.4 is 15.8 Å². The van der Waals surface area contributed by atoms with Crippen LogP contribution in [0, 0.1) is 0 Å². The molecule has 0 aliphatic heterocycles. The van der Waals surface area contributed by atoms with Crippen LogP contribution in [0.15, 0.2) is 62.8 Å². The zero-order chi connectivity index (χ0) is 26.2. The third kappa shape index (κ3) is 5.43. The van der Waals surface area contributed by atoms with Gasteiger partial charge in [-0.15, -0.1) is 0 Å². The third-order valence-electron chi connectivity index (χ3n) is 5.99. The molecule has 192 valence electrons. The summed E-state index contributed by atoms with van der Waals surface area (Å²) in [5.41, 5.74) is 4.36. The van der Waals surface area contributed by atoms with Gasteiger partial charge in [-0.1, -0.05) is 35.3 Å². The van der Waals surface area contributed by atoms with E-state index in [1.807, 2.05) is 27.7 Å². The number of aryl methyl sites for hydroxylation is 1. The van der Waals surface area contributed by atoms with Gasteiger partial charge in [-0.25, -0.2) is 22.7 Å². The van der Waals surface area contributed by atoms with Crippen molar-refractivity contribution in [3.05, 3.63) is 86.1 Å². The zero-order valence-corrected chi connectivity index (χ0v) is 21.6. The lowest BCUT2D eigenvalue weighted by molar-refractivity contribution is 0.247. The van der Waals surface area contributed by atoms with Crippen LogP contribution in [0.25, 0.3) is 16.7 Å². The number of aromatic amines is 1. The molecular weight excluding hydrogens is 541 g/mol. The molecule has 1 aliphatic rings. The third-order valence-corrected chi connectivity index (χ3v) is 7.90. The number of nitrogens with zero attached hydrogens (tertiary/aromatic N) is 2. The van der Waals surface area contributed by atoms with Gasteiger partial charge in [0, 0.05) is 22.7 Å². The summed E-state index contributed by atoms with van der Waals surface area (Å²) in [5.74, 6) is -0.702. The summed E-state index contributed by atoms with van der Waals surface area (Å²) in [6.45, 7) is 0.565. The lowest BCUT2D eigenvalue weighted by Gasteiger charge is -2.18. The lowest BCUT2D eigenvalue weighted by Crippen LogP contribution is -2.39. The molecular formula is C24H21Cl2N5O5S. The van der Waals surface area contributed by atoms with E-state index in [0.29, 0.717) is 22.1 Å². The average molecular weight is 562 g/mol. The van der Waals surface area contributed by atoms with E-state index in [1.54, 1.807) is 12.1 Å². The topological polar surface area (TPSA) is 139 Å². The summed E-state index contributed by atoms with van der Waals surface area (Å²) in [6.07, 6.45) is 6.30. The SMILES string of the molecule is O=C(NC/C=C1\CCCc2cnn(Cc3ccc(Cl)cc3Cl)c21)NS(=O)(=O)c1ccc2[nH]c(=O)oc2c1. The summed E-state index contributed by atoms with van der Waals surface area (Å²) in [4.78, 5) is 25.9. The number of H-pyrrole nitrogens is 1. The molecule has 0 spiro atoms. The zero-order valence-electron chi connectivity index (χ0n) is 19.3. The van der Waals surface area contributed by atoms with Crippen molar-refractivity contribution in [2.75, 3.05) is 6.54 Å². The molecule has 5 rings (SSSR count). The summed E-state index contributed by atoms with van der Waals surface area (Å²) < 4.78 is 33.9. The van der Waals surface area contributed by atoms with Crippen molar-refractivity contribution in [2.24, 2.45) is 0 Å². The quantitative estimate of drug-likeness (QED) is 0.324. The van der Waals surface area contributed by atoms with Crippen molar-refractivity contribution in [1.29, 1.82) is 0 Å². The minimum absolute atomic E-state index is 0.0719. The van der Waals surface area contributed by atoms with Crippen LogP contribution in [-0.2, 0) is 23.0 Å². The second-order valence-corrected chi connectivity index (χ2v) is 11.0. The number of rotatable bonds is 6. The van der Waals surface area contributed by atoms with Crippen molar-refractivity contribution in [3.63, 3.8) is 0 Å². The number of oxazole rings is 1. The molecule has 10 nitrogen and oxygen atoms in total. The molecule has 2 aromatic heterocycles. The maximum absolute atomic E-state index is 12.6. The van der Waals surface area contributed by atoms with Crippen LogP contribution in [0.4, 0.5) is 4.79 Å². The number of urea groups is 1. The number of halogens is 2. The predicted molar refractivity (Wildman–Crippen MR) is 139 cm³/mol. The van der Waals surface area contributed by atoms with Gasteiger partial charge >= 0.3 is 11.8 Å². The highest BCUT2D eigenvalue weighted by molar-refractivity contribution is 7.90. The maximum atomic E-state index is 12.6. The number of hydrogen-bond donors (Lipinski definition) is 3. The number of carbonyl (C=O) groups is 1. The average Bonchev–Trinajstić information content (AvgIpc) is 3.42. The van der Waals surface area contributed by atoms with Crippen LogP contribution in [0.1, 0.15) is 29.7 Å². The molecule has 2 aromatic carbocycles. The minimum Gasteiger partial charge on any atom is -0.408 e. The fourth-order valence-electron chi connectivity index (χ4n) is 4.27. The van der Waals surface area contributed by atoms with Gasteiger partial charge in [0.2, 0.25) is 0 Å². The Morgan fingerprint density at radius 2 is 2.03 bits per heavy atom. The highest BCUT2D eigenvalue weighted by atomic mass is 35.5. The van der Waals surface area contributed by atoms with E-state index in [9.17, 15) is 18.0 Å². The number of amides is 2. The van der Waals surface area contributed by atoms with E-state index in [-0.39, 0.29) is 17.0 Å². The minimum atomic E-state index is -4.18. The second-order valence-electron chi connectivity index (χ2n) is 8.48. The Morgan fingerprint density at radius 3 is 2.84 bits per heavy atom. The van der Waals surface area contributed by atoms with Crippen molar-refractivity contribution in [3.8, 4) is 0 Å². The maximum Gasteiger partial charge on any atom is 0.417 e. The van der Waals surface area contributed by atoms with Gasteiger partial charge in [0.05, 0.1) is 28.8 Å². The highest BCUT2D eigenvalue weighted by Crippen LogP contribution is 2.32. The molecule has 1 aliphatic carbocycles. The van der Waals surface area contributed by atoms with Crippen molar-refractivity contribution in [1.82, 2.24) is 24.8 Å². The molecule has 2 heterocycles. The van der Waals surface area contributed by atoms with Crippen LogP contribution in [0.3, 0.4) is 0 Å². The first-order valence-electron chi connectivity index (χ1n) is 11.3. The van der Waals surface area contributed by atoms with Gasteiger partial charge in [-0.05, 0) is 60.2 Å². The largest absolute Gasteiger partial charge is 0.417 e. The van der Waals surface area contributed by atoms with Gasteiger partial charge < -0.3 is 9.73 Å². The summed E-state index contributed by atoms with van der Waals surface area (Å²) in [6, 6.07) is 8.26. The van der Waals surface area contributed by atoms with Gasteiger partial charge in [0.1, 0.15) is 0 Å². The molecule has 0 fully saturated rings. The highest BCUT2D eigenvalue weighted by Gasteiger charge is 2.21. The number of sulfonamides is 1. The first kappa shape index (κ1) is 25.1. The summed E-state index contributed by atoms with van der Waals surface area (Å²) in [7, 11) is -4.18. The van der Waals surface area contributed by atoms with Crippen molar-refractivity contribution < 1.29 is 17.6 Å². The van der Waals surface area contributed by atoms with E-state index in [2.05, 4.69) is 15.4 Å². The van der Waals surface area contributed by atoms with Crippen molar-refractivity contribution >= 4 is 55.9 Å². The molecule has 0 unspecified atom stereocenters. The van der Waals surface area contributed by atoms with Crippen molar-refractivity contribution in [2.45, 2.75) is 30.7 Å². The molecule has 37 heavy (non-hydrogen) atoms. The number of allylic oxidation sites excluding steroid dienone is 1. The number of hydrogen-bond acceptors (Lipinski definition) is 6. The van der Waals surface area contributed by atoms with E-state index in [1.165, 1.54) is 18.2 Å². The standard InChI is InChI=1S/C24H21Cl2N5O5S/c25-17-5-4-16(19(26)10-17)13-31-22-14(2-1-3-15(22)12-28-31)8-9-27-23(32)30-37(34,35)18-6-7-20-21(11-18)36-24(33)29-20/h4-8,10-12H,1-3,9,13H2,(H,29,33)(H2,27,30,32)/b14-8+. The fourth-order valence-corrected chi connectivity index (χ4v) is 5.69. The number of benzene rings is 2. The number of nitrogens with one attached hydrogen (secondary N) is 3. The molecule has 0 bridgehead atoms. The van der Waals surface area contributed by atoms with Gasteiger partial charge in [0.25, 0.3) is 10.0 Å². The van der Waals surface area contributed by atoms with Crippen LogP contribution >= 0.6 is 23.2 Å². The van der Waals surface area contributed by atoms with Crippen LogP contribution in [0.2, 0.25) is 10.0 Å². The Morgan fingerprint density at radius 1 is 1.19 bits per heavy atom. The Labute approximate surface area is 221 Å². The summed E-state index contributed by atoms with van der Waals surface area (Å²) in [5, 5.41) is 8.19. The van der Waals surface area contributed by atoms with Gasteiger partial charge in [-0.3, -0.25) is 9.67 Å². The molecule has 0 saturated heterocycles. The Kier molecular flexibility index (Phi) is 6.84.